The summed E-state index contributed by atoms with van der Waals surface area (Å²) in [4.78, 5) is 12.7. The summed E-state index contributed by atoms with van der Waals surface area (Å²) in [6.45, 7) is 5.88. The molecule has 0 aliphatic heterocycles. The van der Waals surface area contributed by atoms with Crippen molar-refractivity contribution in [1.82, 2.24) is 0 Å². The van der Waals surface area contributed by atoms with Crippen LogP contribution < -0.4 is 0 Å². The van der Waals surface area contributed by atoms with Gasteiger partial charge >= 0.3 is 0 Å². The lowest BCUT2D eigenvalue weighted by Gasteiger charge is -2.27. The van der Waals surface area contributed by atoms with Crippen LogP contribution >= 0.6 is 0 Å². The molecule has 1 atom stereocenters. The number of ketones is 1. The van der Waals surface area contributed by atoms with Gasteiger partial charge in [0.15, 0.2) is 5.78 Å². The Morgan fingerprint density at radius 1 is 0.900 bits per heavy atom. The van der Waals surface area contributed by atoms with Crippen molar-refractivity contribution in [2.24, 2.45) is 0 Å². The maximum atomic E-state index is 12.7. The average Bonchev–Trinajstić information content (AvgIpc) is 2.45. The minimum atomic E-state index is -0.571. The molecule has 0 bridgehead atoms. The number of Topliss-reactive ketones (excluding diaryl/α,β-unsaturated/α-hetero) is 1. The summed E-state index contributed by atoms with van der Waals surface area (Å²) >= 11 is 0. The largest absolute Gasteiger partial charge is 0.360 e. The van der Waals surface area contributed by atoms with Crippen LogP contribution in [0.1, 0.15) is 42.8 Å². The molecule has 0 radical (unpaired) electrons. The fourth-order valence-electron chi connectivity index (χ4n) is 2.01. The summed E-state index contributed by atoms with van der Waals surface area (Å²) in [5.41, 5.74) is 1.17. The standard InChI is InChI=1S/C18H20O2/c1-18(2,3)20-17(15-12-8-5-9-13-15)16(19)14-10-6-4-7-11-14/h4-13,17H,1-3H3. The van der Waals surface area contributed by atoms with E-state index in [0.717, 1.165) is 5.56 Å². The highest BCUT2D eigenvalue weighted by atomic mass is 16.5. The third-order valence-corrected chi connectivity index (χ3v) is 2.87. The van der Waals surface area contributed by atoms with Crippen LogP contribution in [-0.4, -0.2) is 11.4 Å². The molecule has 2 aromatic rings. The van der Waals surface area contributed by atoms with Crippen molar-refractivity contribution in [3.63, 3.8) is 0 Å². The van der Waals surface area contributed by atoms with Gasteiger partial charge in [0.1, 0.15) is 6.10 Å². The third kappa shape index (κ3) is 3.78. The van der Waals surface area contributed by atoms with Gasteiger partial charge in [0, 0.05) is 5.56 Å². The summed E-state index contributed by atoms with van der Waals surface area (Å²) in [7, 11) is 0. The van der Waals surface area contributed by atoms with Crippen LogP contribution in [0.5, 0.6) is 0 Å². The van der Waals surface area contributed by atoms with Gasteiger partial charge in [-0.2, -0.15) is 0 Å². The minimum absolute atomic E-state index is 0.00766. The van der Waals surface area contributed by atoms with E-state index in [-0.39, 0.29) is 11.4 Å². The molecule has 1 unspecified atom stereocenters. The first-order valence-corrected chi connectivity index (χ1v) is 6.79. The Hall–Kier alpha value is -1.93. The maximum absolute atomic E-state index is 12.7. The van der Waals surface area contributed by atoms with E-state index < -0.39 is 6.10 Å². The second-order valence-corrected chi connectivity index (χ2v) is 5.75. The second-order valence-electron chi connectivity index (χ2n) is 5.75. The second kappa shape index (κ2) is 6.02. The van der Waals surface area contributed by atoms with Gasteiger partial charge in [-0.1, -0.05) is 60.7 Å². The molecular formula is C18H20O2. The van der Waals surface area contributed by atoms with Crippen LogP contribution in [0.3, 0.4) is 0 Å². The molecule has 0 amide bonds. The van der Waals surface area contributed by atoms with Gasteiger partial charge in [-0.25, -0.2) is 0 Å². The zero-order valence-electron chi connectivity index (χ0n) is 12.2. The van der Waals surface area contributed by atoms with Crippen LogP contribution in [0.2, 0.25) is 0 Å². The smallest absolute Gasteiger partial charge is 0.196 e. The van der Waals surface area contributed by atoms with E-state index in [1.54, 1.807) is 0 Å². The molecule has 0 saturated heterocycles. The fraction of sp³-hybridized carbons (Fsp3) is 0.278. The van der Waals surface area contributed by atoms with Crippen molar-refractivity contribution in [1.29, 1.82) is 0 Å². The van der Waals surface area contributed by atoms with Crippen molar-refractivity contribution in [2.45, 2.75) is 32.5 Å². The van der Waals surface area contributed by atoms with E-state index in [2.05, 4.69) is 0 Å². The normalized spacial score (nSPS) is 12.9. The van der Waals surface area contributed by atoms with E-state index in [0.29, 0.717) is 5.56 Å². The van der Waals surface area contributed by atoms with Gasteiger partial charge in [0.2, 0.25) is 0 Å². The lowest BCUT2D eigenvalue weighted by atomic mass is 9.99. The van der Waals surface area contributed by atoms with Gasteiger partial charge in [-0.15, -0.1) is 0 Å². The maximum Gasteiger partial charge on any atom is 0.196 e. The van der Waals surface area contributed by atoms with E-state index in [9.17, 15) is 4.79 Å². The van der Waals surface area contributed by atoms with E-state index in [1.165, 1.54) is 0 Å². The average molecular weight is 268 g/mol. The Morgan fingerprint density at radius 2 is 1.40 bits per heavy atom. The summed E-state index contributed by atoms with van der Waals surface area (Å²) in [6, 6.07) is 18.9. The summed E-state index contributed by atoms with van der Waals surface area (Å²) in [5.74, 6) is -0.00766. The predicted molar refractivity (Wildman–Crippen MR) is 80.8 cm³/mol. The molecular weight excluding hydrogens is 248 g/mol. The molecule has 0 N–H and O–H groups in total. The van der Waals surface area contributed by atoms with Crippen LogP contribution in [0.4, 0.5) is 0 Å². The SMILES string of the molecule is CC(C)(C)OC(C(=O)c1ccccc1)c1ccccc1. The zero-order valence-corrected chi connectivity index (χ0v) is 12.2. The van der Waals surface area contributed by atoms with E-state index in [4.69, 9.17) is 4.74 Å². The molecule has 0 aromatic heterocycles. The number of benzene rings is 2. The molecule has 0 heterocycles. The highest BCUT2D eigenvalue weighted by Gasteiger charge is 2.27. The van der Waals surface area contributed by atoms with Crippen LogP contribution in [-0.2, 0) is 4.74 Å². The molecule has 0 saturated carbocycles. The number of carbonyl (C=O) groups excluding carboxylic acids is 1. The van der Waals surface area contributed by atoms with Crippen LogP contribution in [0.15, 0.2) is 60.7 Å². The van der Waals surface area contributed by atoms with Crippen molar-refractivity contribution < 1.29 is 9.53 Å². The molecule has 0 aliphatic rings. The zero-order chi connectivity index (χ0) is 14.6. The molecule has 2 rings (SSSR count). The van der Waals surface area contributed by atoms with Crippen molar-refractivity contribution >= 4 is 5.78 Å². The Morgan fingerprint density at radius 3 is 1.90 bits per heavy atom. The number of rotatable bonds is 4. The number of carbonyl (C=O) groups is 1. The van der Waals surface area contributed by atoms with Gasteiger partial charge < -0.3 is 4.74 Å². The Balaban J connectivity index is 2.35. The molecule has 20 heavy (non-hydrogen) atoms. The van der Waals surface area contributed by atoms with E-state index in [1.807, 2.05) is 81.4 Å². The molecule has 104 valence electrons. The van der Waals surface area contributed by atoms with Crippen LogP contribution in [0, 0.1) is 0 Å². The predicted octanol–water partition coefficient (Wildman–Crippen LogP) is 4.43. The lowest BCUT2D eigenvalue weighted by Crippen LogP contribution is -2.27. The molecule has 0 fully saturated rings. The number of hydrogen-bond donors (Lipinski definition) is 0. The summed E-state index contributed by atoms with van der Waals surface area (Å²) < 4.78 is 5.99. The number of ether oxygens (including phenoxy) is 1. The molecule has 2 heteroatoms. The first kappa shape index (κ1) is 14.5. The van der Waals surface area contributed by atoms with Crippen molar-refractivity contribution in [3.8, 4) is 0 Å². The third-order valence-electron chi connectivity index (χ3n) is 2.87. The quantitative estimate of drug-likeness (QED) is 0.767. The first-order valence-electron chi connectivity index (χ1n) is 6.79. The Labute approximate surface area is 120 Å². The van der Waals surface area contributed by atoms with Gasteiger partial charge in [0.05, 0.1) is 5.60 Å². The fourth-order valence-corrected chi connectivity index (χ4v) is 2.01. The lowest BCUT2D eigenvalue weighted by molar-refractivity contribution is -0.0471. The molecule has 2 aromatic carbocycles. The highest BCUT2D eigenvalue weighted by molar-refractivity contribution is 6.00. The van der Waals surface area contributed by atoms with Gasteiger partial charge in [-0.05, 0) is 26.3 Å². The topological polar surface area (TPSA) is 26.3 Å². The van der Waals surface area contributed by atoms with Crippen LogP contribution in [0.25, 0.3) is 0 Å². The number of hydrogen-bond acceptors (Lipinski definition) is 2. The van der Waals surface area contributed by atoms with E-state index >= 15 is 0 Å². The Bertz CT molecular complexity index is 553. The van der Waals surface area contributed by atoms with Crippen molar-refractivity contribution in [2.75, 3.05) is 0 Å². The Kier molecular flexibility index (Phi) is 4.35. The molecule has 0 aliphatic carbocycles. The van der Waals surface area contributed by atoms with Crippen molar-refractivity contribution in [3.05, 3.63) is 71.8 Å². The monoisotopic (exact) mass is 268 g/mol. The van der Waals surface area contributed by atoms with Gasteiger partial charge in [-0.3, -0.25) is 4.79 Å². The molecule has 0 spiro atoms. The van der Waals surface area contributed by atoms with Gasteiger partial charge in [0.25, 0.3) is 0 Å². The first-order chi connectivity index (χ1) is 9.47. The molecule has 2 nitrogen and oxygen atoms in total. The summed E-state index contributed by atoms with van der Waals surface area (Å²) in [6.07, 6.45) is -0.571. The minimum Gasteiger partial charge on any atom is -0.360 e. The summed E-state index contributed by atoms with van der Waals surface area (Å²) in [5, 5.41) is 0. The highest BCUT2D eigenvalue weighted by Crippen LogP contribution is 2.27.